The summed E-state index contributed by atoms with van der Waals surface area (Å²) in [6.45, 7) is 4.01. The molecule has 1 atom stereocenters. The molecule has 0 saturated heterocycles. The van der Waals surface area contributed by atoms with Gasteiger partial charge in [0.1, 0.15) is 5.76 Å². The Kier molecular flexibility index (Phi) is 6.45. The number of unbranched alkanes of at least 4 members (excludes halogenated alkanes) is 4. The maximum atomic E-state index is 11.5. The topological polar surface area (TPSA) is 39.4 Å². The van der Waals surface area contributed by atoms with Gasteiger partial charge in [-0.2, -0.15) is 0 Å². The number of carbonyl (C=O) groups is 1. The van der Waals surface area contributed by atoms with Crippen molar-refractivity contribution in [2.45, 2.75) is 58.5 Å². The lowest BCUT2D eigenvalue weighted by atomic mass is 10.1. The van der Waals surface area contributed by atoms with Crippen LogP contribution in [-0.2, 0) is 9.53 Å². The molecule has 0 spiro atoms. The number of esters is 1. The standard InChI is InChI=1S/C14H22O3/c1-3-4-5-6-7-10-14(15)17-12(2)13-9-8-11-16-13/h8-9,11-12H,3-7,10H2,1-2H3. The van der Waals surface area contributed by atoms with E-state index in [4.69, 9.17) is 9.15 Å². The Balaban J connectivity index is 2.12. The Morgan fingerprint density at radius 2 is 2.12 bits per heavy atom. The van der Waals surface area contributed by atoms with Crippen molar-refractivity contribution >= 4 is 5.97 Å². The second kappa shape index (κ2) is 7.93. The molecule has 0 bridgehead atoms. The Labute approximate surface area is 103 Å². The van der Waals surface area contributed by atoms with Crippen LogP contribution in [-0.4, -0.2) is 5.97 Å². The van der Waals surface area contributed by atoms with Crippen LogP contribution in [0.4, 0.5) is 0 Å². The van der Waals surface area contributed by atoms with Gasteiger partial charge in [-0.05, 0) is 25.5 Å². The van der Waals surface area contributed by atoms with E-state index in [1.54, 1.807) is 12.3 Å². The Morgan fingerprint density at radius 3 is 2.76 bits per heavy atom. The van der Waals surface area contributed by atoms with Crippen LogP contribution in [0.2, 0.25) is 0 Å². The minimum Gasteiger partial charge on any atom is -0.465 e. The molecule has 3 nitrogen and oxygen atoms in total. The van der Waals surface area contributed by atoms with Gasteiger partial charge in [-0.3, -0.25) is 4.79 Å². The monoisotopic (exact) mass is 238 g/mol. The first-order valence-electron chi connectivity index (χ1n) is 6.47. The molecule has 0 amide bonds. The molecular weight excluding hydrogens is 216 g/mol. The zero-order chi connectivity index (χ0) is 12.5. The van der Waals surface area contributed by atoms with Gasteiger partial charge in [0.15, 0.2) is 6.10 Å². The molecule has 0 aromatic carbocycles. The predicted molar refractivity (Wildman–Crippen MR) is 66.6 cm³/mol. The average molecular weight is 238 g/mol. The van der Waals surface area contributed by atoms with E-state index < -0.39 is 0 Å². The first-order valence-corrected chi connectivity index (χ1v) is 6.47. The van der Waals surface area contributed by atoms with E-state index in [1.807, 2.05) is 13.0 Å². The smallest absolute Gasteiger partial charge is 0.306 e. The summed E-state index contributed by atoms with van der Waals surface area (Å²) in [4.78, 5) is 11.5. The molecule has 0 N–H and O–H groups in total. The summed E-state index contributed by atoms with van der Waals surface area (Å²) < 4.78 is 10.4. The van der Waals surface area contributed by atoms with Crippen LogP contribution in [0.25, 0.3) is 0 Å². The third-order valence-corrected chi connectivity index (χ3v) is 2.74. The van der Waals surface area contributed by atoms with Crippen LogP contribution in [0.1, 0.15) is 64.2 Å². The van der Waals surface area contributed by atoms with Gasteiger partial charge in [-0.1, -0.05) is 32.6 Å². The first kappa shape index (κ1) is 13.8. The SMILES string of the molecule is CCCCCCCC(=O)OC(C)c1ccco1. The molecule has 1 rings (SSSR count). The lowest BCUT2D eigenvalue weighted by molar-refractivity contribution is -0.149. The maximum absolute atomic E-state index is 11.5. The highest BCUT2D eigenvalue weighted by Gasteiger charge is 2.13. The average Bonchev–Trinajstić information content (AvgIpc) is 2.82. The van der Waals surface area contributed by atoms with E-state index in [0.29, 0.717) is 12.2 Å². The molecule has 17 heavy (non-hydrogen) atoms. The van der Waals surface area contributed by atoms with Gasteiger partial charge in [0.25, 0.3) is 0 Å². The lowest BCUT2D eigenvalue weighted by Gasteiger charge is -2.10. The van der Waals surface area contributed by atoms with Crippen molar-refractivity contribution < 1.29 is 13.9 Å². The molecule has 0 saturated carbocycles. The Hall–Kier alpha value is -1.25. The lowest BCUT2D eigenvalue weighted by Crippen LogP contribution is -2.07. The van der Waals surface area contributed by atoms with Crippen molar-refractivity contribution in [1.29, 1.82) is 0 Å². The summed E-state index contributed by atoms with van der Waals surface area (Å²) >= 11 is 0. The number of ether oxygens (including phenoxy) is 1. The molecule has 0 aliphatic heterocycles. The number of furan rings is 1. The summed E-state index contributed by atoms with van der Waals surface area (Å²) in [5.74, 6) is 0.565. The second-order valence-corrected chi connectivity index (χ2v) is 4.31. The van der Waals surface area contributed by atoms with Crippen molar-refractivity contribution in [2.24, 2.45) is 0 Å². The van der Waals surface area contributed by atoms with E-state index >= 15 is 0 Å². The largest absolute Gasteiger partial charge is 0.465 e. The Bertz CT molecular complexity index is 303. The van der Waals surface area contributed by atoms with E-state index in [2.05, 4.69) is 6.92 Å². The normalized spacial score (nSPS) is 12.4. The van der Waals surface area contributed by atoms with Crippen LogP contribution in [0.15, 0.2) is 22.8 Å². The van der Waals surface area contributed by atoms with Crippen molar-refractivity contribution in [3.63, 3.8) is 0 Å². The van der Waals surface area contributed by atoms with Crippen molar-refractivity contribution in [3.8, 4) is 0 Å². The van der Waals surface area contributed by atoms with Crippen LogP contribution < -0.4 is 0 Å². The predicted octanol–water partition coefficient (Wildman–Crippen LogP) is 4.24. The van der Waals surface area contributed by atoms with Crippen molar-refractivity contribution in [3.05, 3.63) is 24.2 Å². The van der Waals surface area contributed by atoms with Crippen LogP contribution >= 0.6 is 0 Å². The number of rotatable bonds is 8. The fourth-order valence-corrected chi connectivity index (χ4v) is 1.71. The van der Waals surface area contributed by atoms with Crippen molar-refractivity contribution in [2.75, 3.05) is 0 Å². The van der Waals surface area contributed by atoms with Gasteiger partial charge < -0.3 is 9.15 Å². The van der Waals surface area contributed by atoms with Gasteiger partial charge in [0, 0.05) is 6.42 Å². The Morgan fingerprint density at radius 1 is 1.35 bits per heavy atom. The first-order chi connectivity index (χ1) is 8.24. The number of carbonyl (C=O) groups excluding carboxylic acids is 1. The highest BCUT2D eigenvalue weighted by atomic mass is 16.5. The summed E-state index contributed by atoms with van der Waals surface area (Å²) in [5, 5.41) is 0. The fourth-order valence-electron chi connectivity index (χ4n) is 1.71. The van der Waals surface area contributed by atoms with E-state index in [0.717, 1.165) is 12.8 Å². The molecule has 0 aliphatic rings. The summed E-state index contributed by atoms with van der Waals surface area (Å²) in [7, 11) is 0. The summed E-state index contributed by atoms with van der Waals surface area (Å²) in [6.07, 6.45) is 7.52. The third-order valence-electron chi connectivity index (χ3n) is 2.74. The van der Waals surface area contributed by atoms with Gasteiger partial charge in [0.05, 0.1) is 6.26 Å². The van der Waals surface area contributed by atoms with Gasteiger partial charge in [-0.25, -0.2) is 0 Å². The van der Waals surface area contributed by atoms with Gasteiger partial charge >= 0.3 is 5.97 Å². The quantitative estimate of drug-likeness (QED) is 0.502. The molecule has 1 heterocycles. The molecule has 0 fully saturated rings. The van der Waals surface area contributed by atoms with Crippen molar-refractivity contribution in [1.82, 2.24) is 0 Å². The number of hydrogen-bond donors (Lipinski definition) is 0. The molecule has 96 valence electrons. The van der Waals surface area contributed by atoms with Crippen LogP contribution in [0, 0.1) is 0 Å². The molecule has 1 aromatic heterocycles. The molecule has 1 aromatic rings. The molecule has 0 radical (unpaired) electrons. The minimum atomic E-state index is -0.284. The molecule has 0 aliphatic carbocycles. The van der Waals surface area contributed by atoms with E-state index in [-0.39, 0.29) is 12.1 Å². The third kappa shape index (κ3) is 5.57. The van der Waals surface area contributed by atoms with Gasteiger partial charge in [-0.15, -0.1) is 0 Å². The van der Waals surface area contributed by atoms with E-state index in [9.17, 15) is 4.79 Å². The number of hydrogen-bond acceptors (Lipinski definition) is 3. The van der Waals surface area contributed by atoms with Crippen LogP contribution in [0.3, 0.4) is 0 Å². The molecular formula is C14H22O3. The summed E-state index contributed by atoms with van der Waals surface area (Å²) in [5.41, 5.74) is 0. The van der Waals surface area contributed by atoms with Gasteiger partial charge in [0.2, 0.25) is 0 Å². The molecule has 3 heteroatoms. The zero-order valence-electron chi connectivity index (χ0n) is 10.8. The fraction of sp³-hybridized carbons (Fsp3) is 0.643. The maximum Gasteiger partial charge on any atom is 0.306 e. The summed E-state index contributed by atoms with van der Waals surface area (Å²) in [6, 6.07) is 3.61. The van der Waals surface area contributed by atoms with Crippen LogP contribution in [0.5, 0.6) is 0 Å². The van der Waals surface area contributed by atoms with E-state index in [1.165, 1.54) is 19.3 Å². The highest BCUT2D eigenvalue weighted by Crippen LogP contribution is 2.18. The zero-order valence-corrected chi connectivity index (χ0v) is 10.8. The highest BCUT2D eigenvalue weighted by molar-refractivity contribution is 5.69. The molecule has 1 unspecified atom stereocenters. The minimum absolute atomic E-state index is 0.134. The second-order valence-electron chi connectivity index (χ2n) is 4.31.